The number of rotatable bonds is 5. The summed E-state index contributed by atoms with van der Waals surface area (Å²) in [7, 11) is 5.10. The molecule has 0 radical (unpaired) electrons. The van der Waals surface area contributed by atoms with Crippen LogP contribution < -0.4 is 11.1 Å². The Morgan fingerprint density at radius 2 is 1.68 bits per heavy atom. The van der Waals surface area contributed by atoms with Crippen LogP contribution >= 0.6 is 0 Å². The zero-order valence-corrected chi connectivity index (χ0v) is 11.5. The molecule has 0 saturated heterocycles. The molecule has 2 amide bonds. The third kappa shape index (κ3) is 5.39. The Bertz CT molecular complexity index is 442. The van der Waals surface area contributed by atoms with E-state index in [0.717, 1.165) is 0 Å². The van der Waals surface area contributed by atoms with Crippen LogP contribution in [0.25, 0.3) is 0 Å². The van der Waals surface area contributed by atoms with Gasteiger partial charge in [0, 0.05) is 25.5 Å². The Balaban J connectivity index is 2.42. The number of carbonyl (C=O) groups excluding carboxylic acids is 2. The number of hydrogen-bond donors (Lipinski definition) is 2. The number of hydrogen-bond acceptors (Lipinski definition) is 4. The average Bonchev–Trinajstić information content (AvgIpc) is 2.31. The smallest absolute Gasteiger partial charge is 0.238 e. The fourth-order valence-corrected chi connectivity index (χ4v) is 1.44. The average molecular weight is 264 g/mol. The first-order chi connectivity index (χ1) is 8.88. The van der Waals surface area contributed by atoms with Gasteiger partial charge in [-0.05, 0) is 31.3 Å². The van der Waals surface area contributed by atoms with E-state index in [-0.39, 0.29) is 24.9 Å². The van der Waals surface area contributed by atoms with Gasteiger partial charge in [-0.15, -0.1) is 0 Å². The molecule has 1 aromatic carbocycles. The van der Waals surface area contributed by atoms with Crippen molar-refractivity contribution in [3.8, 4) is 0 Å². The van der Waals surface area contributed by atoms with Crippen LogP contribution in [0.15, 0.2) is 24.3 Å². The zero-order valence-electron chi connectivity index (χ0n) is 11.5. The van der Waals surface area contributed by atoms with Gasteiger partial charge in [-0.25, -0.2) is 0 Å². The summed E-state index contributed by atoms with van der Waals surface area (Å²) in [6, 6.07) is 6.90. The molecule has 0 aliphatic heterocycles. The van der Waals surface area contributed by atoms with E-state index in [1.54, 1.807) is 50.3 Å². The minimum Gasteiger partial charge on any atom is -0.399 e. The van der Waals surface area contributed by atoms with E-state index in [1.165, 1.54) is 4.90 Å². The number of nitrogens with two attached hydrogens (primary N) is 1. The quantitative estimate of drug-likeness (QED) is 0.746. The fourth-order valence-electron chi connectivity index (χ4n) is 1.44. The summed E-state index contributed by atoms with van der Waals surface area (Å²) in [5.74, 6) is -0.207. The van der Waals surface area contributed by atoms with Crippen LogP contribution in [-0.4, -0.2) is 55.8 Å². The maximum absolute atomic E-state index is 11.8. The second-order valence-corrected chi connectivity index (χ2v) is 4.63. The molecule has 0 saturated carbocycles. The van der Waals surface area contributed by atoms with Crippen molar-refractivity contribution in [1.82, 2.24) is 9.80 Å². The molecular weight excluding hydrogens is 244 g/mol. The monoisotopic (exact) mass is 264 g/mol. The first kappa shape index (κ1) is 15.0. The summed E-state index contributed by atoms with van der Waals surface area (Å²) in [5, 5.41) is 2.74. The third-order valence-electron chi connectivity index (χ3n) is 2.51. The number of carbonyl (C=O) groups is 2. The van der Waals surface area contributed by atoms with Crippen molar-refractivity contribution in [2.24, 2.45) is 0 Å². The van der Waals surface area contributed by atoms with Crippen LogP contribution in [0.5, 0.6) is 0 Å². The Kier molecular flexibility index (Phi) is 5.32. The molecule has 0 fully saturated rings. The molecule has 6 nitrogen and oxygen atoms in total. The molecule has 0 aliphatic rings. The van der Waals surface area contributed by atoms with Crippen LogP contribution in [0, 0.1) is 0 Å². The molecular formula is C13H20N4O2. The zero-order chi connectivity index (χ0) is 14.4. The number of nitrogens with one attached hydrogen (secondary N) is 1. The highest BCUT2D eigenvalue weighted by Crippen LogP contribution is 2.10. The topological polar surface area (TPSA) is 78.7 Å². The van der Waals surface area contributed by atoms with Crippen LogP contribution in [-0.2, 0) is 9.59 Å². The molecule has 104 valence electrons. The van der Waals surface area contributed by atoms with Crippen LogP contribution in [0.3, 0.4) is 0 Å². The Hall–Kier alpha value is -2.08. The van der Waals surface area contributed by atoms with E-state index >= 15 is 0 Å². The van der Waals surface area contributed by atoms with Crippen molar-refractivity contribution in [2.45, 2.75) is 0 Å². The second-order valence-electron chi connectivity index (χ2n) is 4.63. The molecule has 1 rings (SSSR count). The highest BCUT2D eigenvalue weighted by molar-refractivity contribution is 5.92. The molecule has 0 unspecified atom stereocenters. The van der Waals surface area contributed by atoms with Gasteiger partial charge >= 0.3 is 0 Å². The maximum Gasteiger partial charge on any atom is 0.238 e. The third-order valence-corrected chi connectivity index (χ3v) is 2.51. The van der Waals surface area contributed by atoms with Crippen molar-refractivity contribution < 1.29 is 9.59 Å². The number of anilines is 2. The maximum atomic E-state index is 11.8. The molecule has 6 heteroatoms. The summed E-state index contributed by atoms with van der Waals surface area (Å²) in [6.07, 6.45) is 0. The van der Waals surface area contributed by atoms with Crippen molar-refractivity contribution in [3.05, 3.63) is 24.3 Å². The number of nitrogen functional groups attached to an aromatic ring is 1. The largest absolute Gasteiger partial charge is 0.399 e. The van der Waals surface area contributed by atoms with E-state index in [2.05, 4.69) is 5.32 Å². The van der Waals surface area contributed by atoms with Gasteiger partial charge in [-0.3, -0.25) is 14.5 Å². The minimum atomic E-state index is -0.168. The SMILES string of the molecule is CN(CC(=O)Nc1ccc(N)cc1)CC(=O)N(C)C. The van der Waals surface area contributed by atoms with Gasteiger partial charge in [0.1, 0.15) is 0 Å². The van der Waals surface area contributed by atoms with Gasteiger partial charge in [-0.2, -0.15) is 0 Å². The summed E-state index contributed by atoms with van der Waals surface area (Å²) in [6.45, 7) is 0.367. The molecule has 0 heterocycles. The summed E-state index contributed by atoms with van der Waals surface area (Å²) < 4.78 is 0. The van der Waals surface area contributed by atoms with E-state index in [1.807, 2.05) is 0 Å². The lowest BCUT2D eigenvalue weighted by Crippen LogP contribution is -2.38. The number of amides is 2. The number of benzene rings is 1. The minimum absolute atomic E-state index is 0.0391. The van der Waals surface area contributed by atoms with Crippen molar-refractivity contribution in [2.75, 3.05) is 45.3 Å². The van der Waals surface area contributed by atoms with E-state index < -0.39 is 0 Å². The van der Waals surface area contributed by atoms with Crippen molar-refractivity contribution in [1.29, 1.82) is 0 Å². The highest BCUT2D eigenvalue weighted by Gasteiger charge is 2.11. The first-order valence-electron chi connectivity index (χ1n) is 5.92. The van der Waals surface area contributed by atoms with Crippen LogP contribution in [0.2, 0.25) is 0 Å². The Labute approximate surface area is 113 Å². The Morgan fingerprint density at radius 1 is 1.11 bits per heavy atom. The van der Waals surface area contributed by atoms with Gasteiger partial charge < -0.3 is 16.0 Å². The molecule has 0 bridgehead atoms. The summed E-state index contributed by atoms with van der Waals surface area (Å²) in [5.41, 5.74) is 6.89. The fraction of sp³-hybridized carbons (Fsp3) is 0.385. The Morgan fingerprint density at radius 3 is 2.21 bits per heavy atom. The van der Waals surface area contributed by atoms with Gasteiger partial charge in [0.05, 0.1) is 13.1 Å². The van der Waals surface area contributed by atoms with E-state index in [4.69, 9.17) is 5.73 Å². The molecule has 1 aromatic rings. The second kappa shape index (κ2) is 6.75. The first-order valence-corrected chi connectivity index (χ1v) is 5.92. The molecule has 0 atom stereocenters. The van der Waals surface area contributed by atoms with Crippen LogP contribution in [0.4, 0.5) is 11.4 Å². The van der Waals surface area contributed by atoms with E-state index in [0.29, 0.717) is 11.4 Å². The molecule has 3 N–H and O–H groups in total. The summed E-state index contributed by atoms with van der Waals surface area (Å²) >= 11 is 0. The predicted octanol–water partition coefficient (Wildman–Crippen LogP) is 0.227. The van der Waals surface area contributed by atoms with Gasteiger partial charge in [-0.1, -0.05) is 0 Å². The van der Waals surface area contributed by atoms with Gasteiger partial charge in [0.25, 0.3) is 0 Å². The van der Waals surface area contributed by atoms with Crippen LogP contribution in [0.1, 0.15) is 0 Å². The van der Waals surface area contributed by atoms with Crippen molar-refractivity contribution in [3.63, 3.8) is 0 Å². The van der Waals surface area contributed by atoms with Gasteiger partial charge in [0.15, 0.2) is 0 Å². The normalized spacial score (nSPS) is 10.3. The standard InChI is InChI=1S/C13H20N4O2/c1-16(2)13(19)9-17(3)8-12(18)15-11-6-4-10(14)5-7-11/h4-7H,8-9,14H2,1-3H3,(H,15,18). The molecule has 0 spiro atoms. The van der Waals surface area contributed by atoms with Crippen molar-refractivity contribution >= 4 is 23.2 Å². The van der Waals surface area contributed by atoms with Gasteiger partial charge in [0.2, 0.25) is 11.8 Å². The number of likely N-dealkylation sites (N-methyl/N-ethyl adjacent to an activating group) is 2. The lowest BCUT2D eigenvalue weighted by Gasteiger charge is -2.18. The highest BCUT2D eigenvalue weighted by atomic mass is 16.2. The predicted molar refractivity (Wildman–Crippen MR) is 75.7 cm³/mol. The lowest BCUT2D eigenvalue weighted by atomic mass is 10.3. The molecule has 0 aromatic heterocycles. The lowest BCUT2D eigenvalue weighted by molar-refractivity contribution is -0.130. The molecule has 0 aliphatic carbocycles. The molecule has 19 heavy (non-hydrogen) atoms. The summed E-state index contributed by atoms with van der Waals surface area (Å²) in [4.78, 5) is 26.4. The van der Waals surface area contributed by atoms with E-state index in [9.17, 15) is 9.59 Å². The number of nitrogens with zero attached hydrogens (tertiary/aromatic N) is 2.